The summed E-state index contributed by atoms with van der Waals surface area (Å²) in [7, 11) is 0. The predicted octanol–water partition coefficient (Wildman–Crippen LogP) is 5.05. The van der Waals surface area contributed by atoms with Crippen molar-refractivity contribution in [1.29, 1.82) is 0 Å². The third-order valence-electron chi connectivity index (χ3n) is 3.95. The molecule has 1 aliphatic rings. The fourth-order valence-corrected chi connectivity index (χ4v) is 2.85. The van der Waals surface area contributed by atoms with Crippen molar-refractivity contribution in [3.05, 3.63) is 100 Å². The molecule has 0 bridgehead atoms. The molecular weight excluding hydrogens is 356 g/mol. The molecule has 0 amide bonds. The highest BCUT2D eigenvalue weighted by molar-refractivity contribution is 6.31. The van der Waals surface area contributed by atoms with E-state index in [0.29, 0.717) is 33.4 Å². The van der Waals surface area contributed by atoms with Gasteiger partial charge in [0.15, 0.2) is 5.84 Å². The van der Waals surface area contributed by atoms with Gasteiger partial charge in [-0.1, -0.05) is 11.6 Å². The molecule has 1 aliphatic heterocycles. The Hall–Kier alpha value is -3.05. The molecule has 3 nitrogen and oxygen atoms in total. The Kier molecular flexibility index (Phi) is 4.22. The van der Waals surface area contributed by atoms with Gasteiger partial charge in [0.25, 0.3) is 0 Å². The number of fused-ring (bicyclic) bond motifs is 1. The van der Waals surface area contributed by atoms with Gasteiger partial charge in [-0.25, -0.2) is 13.8 Å². The van der Waals surface area contributed by atoms with Crippen LogP contribution in [0.4, 0.5) is 14.5 Å². The van der Waals surface area contributed by atoms with E-state index < -0.39 is 0 Å². The summed E-state index contributed by atoms with van der Waals surface area (Å²) in [6.45, 7) is 0. The SMILES string of the molecule is Fc1ccc(C2=Nc3ccc(Cl)cc3C(c3ccc(F)cc3)=NN2)cc1. The van der Waals surface area contributed by atoms with E-state index in [0.717, 1.165) is 5.56 Å². The first kappa shape index (κ1) is 16.4. The van der Waals surface area contributed by atoms with Gasteiger partial charge in [0, 0.05) is 21.7 Å². The van der Waals surface area contributed by atoms with E-state index in [-0.39, 0.29) is 11.6 Å². The van der Waals surface area contributed by atoms with Crippen LogP contribution in [-0.4, -0.2) is 11.5 Å². The molecule has 0 fully saturated rings. The van der Waals surface area contributed by atoms with Crippen molar-refractivity contribution in [2.45, 2.75) is 0 Å². The third-order valence-corrected chi connectivity index (χ3v) is 4.19. The van der Waals surface area contributed by atoms with Crippen LogP contribution in [0.15, 0.2) is 76.8 Å². The van der Waals surface area contributed by atoms with Gasteiger partial charge in [0.1, 0.15) is 17.3 Å². The number of nitrogens with zero attached hydrogens (tertiary/aromatic N) is 2. The Morgan fingerprint density at radius 3 is 2.04 bits per heavy atom. The van der Waals surface area contributed by atoms with Crippen LogP contribution in [0.1, 0.15) is 16.7 Å². The smallest absolute Gasteiger partial charge is 0.154 e. The number of aliphatic imine (C=N–C) groups is 1. The van der Waals surface area contributed by atoms with Crippen molar-refractivity contribution in [3.63, 3.8) is 0 Å². The molecule has 3 aromatic rings. The van der Waals surface area contributed by atoms with E-state index in [4.69, 9.17) is 11.6 Å². The lowest BCUT2D eigenvalue weighted by Crippen LogP contribution is -2.19. The first-order valence-corrected chi connectivity index (χ1v) is 8.22. The van der Waals surface area contributed by atoms with Crippen LogP contribution >= 0.6 is 11.6 Å². The van der Waals surface area contributed by atoms with Gasteiger partial charge in [-0.3, -0.25) is 5.43 Å². The van der Waals surface area contributed by atoms with Crippen molar-refractivity contribution >= 4 is 28.8 Å². The van der Waals surface area contributed by atoms with Crippen LogP contribution in [0.2, 0.25) is 5.02 Å². The van der Waals surface area contributed by atoms with E-state index in [1.54, 1.807) is 42.5 Å². The summed E-state index contributed by atoms with van der Waals surface area (Å²) >= 11 is 6.15. The Morgan fingerprint density at radius 2 is 1.38 bits per heavy atom. The Labute approximate surface area is 153 Å². The van der Waals surface area contributed by atoms with Crippen LogP contribution in [0, 0.1) is 11.6 Å². The lowest BCUT2D eigenvalue weighted by atomic mass is 10.0. The molecule has 0 saturated heterocycles. The second-order valence-electron chi connectivity index (χ2n) is 5.71. The standard InChI is InChI=1S/C20H12ClF2N3/c21-14-5-10-18-17(11-14)19(12-1-6-15(22)7-2-12)25-26-20(24-18)13-3-8-16(23)9-4-13/h1-11H,(H,24,26). The maximum absolute atomic E-state index is 13.3. The topological polar surface area (TPSA) is 36.8 Å². The normalized spacial score (nSPS) is 13.2. The van der Waals surface area contributed by atoms with Gasteiger partial charge in [-0.05, 0) is 66.7 Å². The van der Waals surface area contributed by atoms with Gasteiger partial charge < -0.3 is 0 Å². The molecule has 6 heteroatoms. The average molecular weight is 368 g/mol. The van der Waals surface area contributed by atoms with E-state index in [9.17, 15) is 8.78 Å². The minimum absolute atomic E-state index is 0.328. The summed E-state index contributed by atoms with van der Waals surface area (Å²) in [6.07, 6.45) is 0. The molecule has 1 N–H and O–H groups in total. The van der Waals surface area contributed by atoms with Gasteiger partial charge in [-0.2, -0.15) is 5.10 Å². The van der Waals surface area contributed by atoms with Crippen molar-refractivity contribution in [2.75, 3.05) is 0 Å². The van der Waals surface area contributed by atoms with Gasteiger partial charge in [-0.15, -0.1) is 0 Å². The van der Waals surface area contributed by atoms with Crippen LogP contribution in [0.5, 0.6) is 0 Å². The zero-order valence-corrected chi connectivity index (χ0v) is 14.1. The monoisotopic (exact) mass is 367 g/mol. The van der Waals surface area contributed by atoms with Gasteiger partial charge in [0.05, 0.1) is 5.69 Å². The highest BCUT2D eigenvalue weighted by Crippen LogP contribution is 2.28. The van der Waals surface area contributed by atoms with E-state index >= 15 is 0 Å². The molecule has 0 aromatic heterocycles. The van der Waals surface area contributed by atoms with Crippen LogP contribution in [0.3, 0.4) is 0 Å². The first-order chi connectivity index (χ1) is 12.6. The van der Waals surface area contributed by atoms with Crippen LogP contribution in [0.25, 0.3) is 0 Å². The minimum atomic E-state index is -0.328. The third kappa shape index (κ3) is 3.21. The van der Waals surface area contributed by atoms with E-state index in [2.05, 4.69) is 15.5 Å². The molecule has 0 saturated carbocycles. The summed E-state index contributed by atoms with van der Waals surface area (Å²) in [5.41, 5.74) is 6.29. The second-order valence-corrected chi connectivity index (χ2v) is 6.14. The van der Waals surface area contributed by atoms with Crippen molar-refractivity contribution in [2.24, 2.45) is 10.1 Å². The number of rotatable bonds is 2. The molecule has 0 unspecified atom stereocenters. The average Bonchev–Trinajstić information content (AvgIpc) is 2.83. The molecule has 1 heterocycles. The van der Waals surface area contributed by atoms with Crippen LogP contribution in [-0.2, 0) is 0 Å². The largest absolute Gasteiger partial charge is 0.260 e. The number of hydrazone groups is 1. The molecule has 0 radical (unpaired) electrons. The highest BCUT2D eigenvalue weighted by Gasteiger charge is 2.17. The Bertz CT molecular complexity index is 1030. The summed E-state index contributed by atoms with van der Waals surface area (Å²) in [6, 6.07) is 17.3. The lowest BCUT2D eigenvalue weighted by molar-refractivity contribution is 0.627. The molecule has 0 aliphatic carbocycles. The number of halogens is 3. The van der Waals surface area contributed by atoms with E-state index in [1.165, 1.54) is 24.3 Å². The summed E-state index contributed by atoms with van der Waals surface area (Å²) in [5, 5.41) is 4.99. The van der Waals surface area contributed by atoms with E-state index in [1.807, 2.05) is 0 Å². The maximum Gasteiger partial charge on any atom is 0.154 e. The zero-order valence-electron chi connectivity index (χ0n) is 13.4. The van der Waals surface area contributed by atoms with Crippen molar-refractivity contribution in [1.82, 2.24) is 5.43 Å². The molecule has 3 aromatic carbocycles. The van der Waals surface area contributed by atoms with Gasteiger partial charge in [0.2, 0.25) is 0 Å². The molecule has 0 atom stereocenters. The second kappa shape index (κ2) is 6.69. The molecule has 26 heavy (non-hydrogen) atoms. The van der Waals surface area contributed by atoms with Crippen molar-refractivity contribution < 1.29 is 8.78 Å². The number of benzene rings is 3. The number of hydrogen-bond donors (Lipinski definition) is 1. The zero-order chi connectivity index (χ0) is 18.1. The lowest BCUT2D eigenvalue weighted by Gasteiger charge is -2.08. The van der Waals surface area contributed by atoms with Crippen molar-refractivity contribution in [3.8, 4) is 0 Å². The summed E-state index contributed by atoms with van der Waals surface area (Å²) in [5.74, 6) is -0.179. The number of nitrogens with one attached hydrogen (secondary N) is 1. The fourth-order valence-electron chi connectivity index (χ4n) is 2.67. The molecular formula is C20H12ClF2N3. The summed E-state index contributed by atoms with van der Waals surface area (Å²) in [4.78, 5) is 4.61. The van der Waals surface area contributed by atoms with Gasteiger partial charge >= 0.3 is 0 Å². The minimum Gasteiger partial charge on any atom is -0.260 e. The first-order valence-electron chi connectivity index (χ1n) is 7.84. The number of hydrogen-bond acceptors (Lipinski definition) is 3. The number of amidine groups is 1. The quantitative estimate of drug-likeness (QED) is 0.676. The maximum atomic E-state index is 13.3. The predicted molar refractivity (Wildman–Crippen MR) is 99.2 cm³/mol. The summed E-state index contributed by atoms with van der Waals surface area (Å²) < 4.78 is 26.5. The highest BCUT2D eigenvalue weighted by atomic mass is 35.5. The van der Waals surface area contributed by atoms with Crippen LogP contribution < -0.4 is 5.43 Å². The Morgan fingerprint density at radius 1 is 0.769 bits per heavy atom. The fraction of sp³-hybridized carbons (Fsp3) is 0. The molecule has 4 rings (SSSR count). The molecule has 128 valence electrons. The Balaban J connectivity index is 1.85. The molecule has 0 spiro atoms.